The van der Waals surface area contributed by atoms with Gasteiger partial charge in [0.25, 0.3) is 0 Å². The summed E-state index contributed by atoms with van der Waals surface area (Å²) in [7, 11) is -7.10. The van der Waals surface area contributed by atoms with Crippen LogP contribution in [0.4, 0.5) is 0 Å². The molecule has 0 aromatic rings. The quantitative estimate of drug-likeness (QED) is 0.709. The lowest BCUT2D eigenvalue weighted by molar-refractivity contribution is 0.447. The number of nitrogens with one attached hydrogen (secondary N) is 1. The van der Waals surface area contributed by atoms with Crippen LogP contribution in [0, 0.1) is 11.3 Å². The molecule has 1 N–H and O–H groups in total. The maximum absolute atomic E-state index is 11.6. The lowest BCUT2D eigenvalue weighted by atomic mass is 9.97. The first-order valence-corrected chi connectivity index (χ1v) is 8.91. The predicted molar refractivity (Wildman–Crippen MR) is 65.6 cm³/mol. The fraction of sp³-hybridized carbons (Fsp3) is 0.889. The molecule has 0 aliphatic carbocycles. The fourth-order valence-electron chi connectivity index (χ4n) is 1.19. The van der Waals surface area contributed by atoms with Crippen molar-refractivity contribution in [2.45, 2.75) is 32.2 Å². The molecular weight excluding hydrogens is 264 g/mol. The van der Waals surface area contributed by atoms with E-state index in [9.17, 15) is 16.8 Å². The summed E-state index contributed by atoms with van der Waals surface area (Å²) in [5, 5.41) is 8.97. The van der Waals surface area contributed by atoms with Crippen LogP contribution in [0.5, 0.6) is 0 Å². The number of nitriles is 1. The molecular formula is C9H18N2O4S2. The van der Waals surface area contributed by atoms with E-state index >= 15 is 0 Å². The van der Waals surface area contributed by atoms with Gasteiger partial charge >= 0.3 is 0 Å². The molecule has 0 saturated heterocycles. The number of hydrogen-bond donors (Lipinski definition) is 1. The molecule has 0 fully saturated rings. The Morgan fingerprint density at radius 3 is 1.88 bits per heavy atom. The molecule has 0 aromatic heterocycles. The third-order valence-electron chi connectivity index (χ3n) is 2.49. The summed E-state index contributed by atoms with van der Waals surface area (Å²) >= 11 is 0. The van der Waals surface area contributed by atoms with E-state index in [1.54, 1.807) is 13.8 Å². The van der Waals surface area contributed by atoms with Crippen LogP contribution in [0.1, 0.15) is 26.7 Å². The minimum absolute atomic E-state index is 0.331. The van der Waals surface area contributed by atoms with Crippen LogP contribution in [0.3, 0.4) is 0 Å². The van der Waals surface area contributed by atoms with Gasteiger partial charge < -0.3 is 0 Å². The Labute approximate surface area is 103 Å². The van der Waals surface area contributed by atoms with Crippen molar-refractivity contribution in [1.82, 2.24) is 4.72 Å². The summed E-state index contributed by atoms with van der Waals surface area (Å²) in [6, 6.07) is 1.93. The van der Waals surface area contributed by atoms with Gasteiger partial charge in [0.1, 0.15) is 15.4 Å². The van der Waals surface area contributed by atoms with E-state index in [1.807, 2.05) is 6.07 Å². The fourth-order valence-corrected chi connectivity index (χ4v) is 4.31. The molecule has 0 atom stereocenters. The third-order valence-corrected chi connectivity index (χ3v) is 5.14. The highest BCUT2D eigenvalue weighted by atomic mass is 32.2. The van der Waals surface area contributed by atoms with Gasteiger partial charge in [-0.05, 0) is 12.8 Å². The standard InChI is InChI=1S/C9H18N2O4S2/c1-4-9(5-2,8-10)11-17(14,15)7-6-16(3,12)13/h11H,4-7H2,1-3H3. The van der Waals surface area contributed by atoms with Crippen molar-refractivity contribution in [3.05, 3.63) is 0 Å². The molecule has 8 heteroatoms. The van der Waals surface area contributed by atoms with Gasteiger partial charge in [0, 0.05) is 6.26 Å². The molecule has 0 bridgehead atoms. The van der Waals surface area contributed by atoms with E-state index in [2.05, 4.69) is 4.72 Å². The number of sulfonamides is 1. The van der Waals surface area contributed by atoms with E-state index in [-0.39, 0.29) is 0 Å². The molecule has 17 heavy (non-hydrogen) atoms. The van der Waals surface area contributed by atoms with E-state index < -0.39 is 36.9 Å². The van der Waals surface area contributed by atoms with Crippen LogP contribution >= 0.6 is 0 Å². The molecule has 6 nitrogen and oxygen atoms in total. The summed E-state index contributed by atoms with van der Waals surface area (Å²) in [6.45, 7) is 3.40. The highest BCUT2D eigenvalue weighted by Gasteiger charge is 2.31. The topological polar surface area (TPSA) is 104 Å². The lowest BCUT2D eigenvalue weighted by Crippen LogP contribution is -2.47. The van der Waals surface area contributed by atoms with Crippen LogP contribution < -0.4 is 4.72 Å². The van der Waals surface area contributed by atoms with Crippen LogP contribution in [-0.2, 0) is 19.9 Å². The van der Waals surface area contributed by atoms with Gasteiger partial charge in [0.05, 0.1) is 17.6 Å². The molecule has 0 aliphatic rings. The highest BCUT2D eigenvalue weighted by molar-refractivity contribution is 7.93. The first kappa shape index (κ1) is 16.4. The van der Waals surface area contributed by atoms with Gasteiger partial charge in [-0.2, -0.15) is 9.98 Å². The minimum Gasteiger partial charge on any atom is -0.229 e. The second kappa shape index (κ2) is 5.80. The van der Waals surface area contributed by atoms with Crippen molar-refractivity contribution in [3.8, 4) is 6.07 Å². The zero-order valence-corrected chi connectivity index (χ0v) is 11.9. The van der Waals surface area contributed by atoms with Gasteiger partial charge in [0.2, 0.25) is 10.0 Å². The summed E-state index contributed by atoms with van der Waals surface area (Å²) < 4.78 is 47.4. The summed E-state index contributed by atoms with van der Waals surface area (Å²) in [4.78, 5) is 0. The normalized spacial score (nSPS) is 13.3. The number of rotatable bonds is 7. The molecule has 100 valence electrons. The SMILES string of the molecule is CCC(C#N)(CC)NS(=O)(=O)CCS(C)(=O)=O. The smallest absolute Gasteiger partial charge is 0.213 e. The van der Waals surface area contributed by atoms with Crippen molar-refractivity contribution >= 4 is 19.9 Å². The van der Waals surface area contributed by atoms with Crippen LogP contribution in [-0.4, -0.2) is 40.1 Å². The molecule has 0 rings (SSSR count). The highest BCUT2D eigenvalue weighted by Crippen LogP contribution is 2.15. The van der Waals surface area contributed by atoms with Crippen LogP contribution in [0.15, 0.2) is 0 Å². The second-order valence-electron chi connectivity index (χ2n) is 3.95. The summed E-state index contributed by atoms with van der Waals surface area (Å²) in [5.41, 5.74) is -1.14. The van der Waals surface area contributed by atoms with E-state index in [1.165, 1.54) is 0 Å². The second-order valence-corrected chi connectivity index (χ2v) is 8.05. The Morgan fingerprint density at radius 1 is 1.12 bits per heavy atom. The Kier molecular flexibility index (Phi) is 5.58. The van der Waals surface area contributed by atoms with E-state index in [4.69, 9.17) is 5.26 Å². The van der Waals surface area contributed by atoms with Crippen molar-refractivity contribution < 1.29 is 16.8 Å². The Morgan fingerprint density at radius 2 is 1.59 bits per heavy atom. The Hall–Kier alpha value is -0.650. The largest absolute Gasteiger partial charge is 0.229 e. The molecule has 0 radical (unpaired) electrons. The predicted octanol–water partition coefficient (Wildman–Crippen LogP) is 0.0328. The van der Waals surface area contributed by atoms with Crippen molar-refractivity contribution in [2.24, 2.45) is 0 Å². The maximum Gasteiger partial charge on any atom is 0.213 e. The zero-order chi connectivity index (χ0) is 13.7. The third kappa shape index (κ3) is 6.00. The molecule has 0 heterocycles. The molecule has 0 amide bonds. The first-order chi connectivity index (χ1) is 7.60. The van der Waals surface area contributed by atoms with Gasteiger partial charge in [-0.15, -0.1) is 0 Å². The molecule has 0 spiro atoms. The average Bonchev–Trinajstić information content (AvgIpc) is 2.23. The number of hydrogen-bond acceptors (Lipinski definition) is 5. The maximum atomic E-state index is 11.6. The summed E-state index contributed by atoms with van der Waals surface area (Å²) in [5.74, 6) is -0.966. The van der Waals surface area contributed by atoms with Gasteiger partial charge in [-0.3, -0.25) is 0 Å². The van der Waals surface area contributed by atoms with Crippen molar-refractivity contribution in [2.75, 3.05) is 17.8 Å². The monoisotopic (exact) mass is 282 g/mol. The first-order valence-electron chi connectivity index (χ1n) is 5.20. The van der Waals surface area contributed by atoms with Crippen LogP contribution in [0.25, 0.3) is 0 Å². The summed E-state index contributed by atoms with van der Waals surface area (Å²) in [6.07, 6.45) is 1.63. The van der Waals surface area contributed by atoms with Crippen LogP contribution in [0.2, 0.25) is 0 Å². The minimum atomic E-state index is -3.76. The van der Waals surface area contributed by atoms with Crippen molar-refractivity contribution in [1.29, 1.82) is 5.26 Å². The Bertz CT molecular complexity index is 484. The average molecular weight is 282 g/mol. The number of sulfone groups is 1. The van der Waals surface area contributed by atoms with Gasteiger partial charge in [-0.1, -0.05) is 13.8 Å². The van der Waals surface area contributed by atoms with Gasteiger partial charge in [0.15, 0.2) is 0 Å². The zero-order valence-electron chi connectivity index (χ0n) is 10.2. The molecule has 0 aromatic carbocycles. The molecule has 0 saturated carbocycles. The van der Waals surface area contributed by atoms with Gasteiger partial charge in [-0.25, -0.2) is 16.8 Å². The Balaban J connectivity index is 4.83. The lowest BCUT2D eigenvalue weighted by Gasteiger charge is -2.24. The van der Waals surface area contributed by atoms with E-state index in [0.29, 0.717) is 12.8 Å². The van der Waals surface area contributed by atoms with E-state index in [0.717, 1.165) is 6.26 Å². The molecule has 0 aliphatic heterocycles. The number of nitrogens with zero attached hydrogens (tertiary/aromatic N) is 1. The molecule has 0 unspecified atom stereocenters. The van der Waals surface area contributed by atoms with Crippen molar-refractivity contribution in [3.63, 3.8) is 0 Å².